The minimum atomic E-state index is -0.198. The monoisotopic (exact) mass is 272 g/mol. The van der Waals surface area contributed by atoms with Crippen LogP contribution < -0.4 is 5.32 Å². The first kappa shape index (κ1) is 13.4. The van der Waals surface area contributed by atoms with Crippen molar-refractivity contribution in [3.63, 3.8) is 0 Å². The predicted octanol–water partition coefficient (Wildman–Crippen LogP) is 1.12. The third-order valence-electron chi connectivity index (χ3n) is 3.11. The second kappa shape index (κ2) is 6.22. The van der Waals surface area contributed by atoms with Gasteiger partial charge in [0, 0.05) is 19.1 Å². The van der Waals surface area contributed by atoms with E-state index in [0.717, 1.165) is 19.4 Å². The molecule has 1 aromatic heterocycles. The maximum absolute atomic E-state index is 12.2. The molecule has 2 N–H and O–H groups in total. The van der Waals surface area contributed by atoms with E-state index in [0.29, 0.717) is 24.7 Å². The Labute approximate surface area is 111 Å². The van der Waals surface area contributed by atoms with E-state index in [1.807, 2.05) is 0 Å². The van der Waals surface area contributed by atoms with Gasteiger partial charge in [0.05, 0.1) is 18.4 Å². The highest BCUT2D eigenvalue weighted by Crippen LogP contribution is 2.19. The van der Waals surface area contributed by atoms with Crippen molar-refractivity contribution in [2.45, 2.75) is 18.9 Å². The molecule has 1 fully saturated rings. The van der Waals surface area contributed by atoms with Crippen LogP contribution in [0.15, 0.2) is 16.7 Å². The van der Waals surface area contributed by atoms with Crippen LogP contribution in [0.25, 0.3) is 0 Å². The first-order valence-electron chi connectivity index (χ1n) is 6.09. The maximum atomic E-state index is 12.2. The van der Waals surface area contributed by atoms with Crippen molar-refractivity contribution in [2.24, 2.45) is 0 Å². The fraction of sp³-hybridized carbons (Fsp3) is 0.583. The van der Waals surface area contributed by atoms with E-state index in [9.17, 15) is 4.79 Å². The fourth-order valence-electron chi connectivity index (χ4n) is 2.19. The standard InChI is InChI=1S/C12H17ClN2O3/c13-11-10(3-7-18-11)12(17)15(5-6-16)8-9-2-1-4-14-9/h3,7,9,14,16H,1-2,4-6,8H2. The van der Waals surface area contributed by atoms with Gasteiger partial charge in [-0.15, -0.1) is 0 Å². The Morgan fingerprint density at radius 2 is 2.50 bits per heavy atom. The molecule has 0 spiro atoms. The number of halogens is 1. The van der Waals surface area contributed by atoms with Crippen LogP contribution in [0.4, 0.5) is 0 Å². The van der Waals surface area contributed by atoms with Crippen LogP contribution in [0.2, 0.25) is 5.22 Å². The van der Waals surface area contributed by atoms with Crippen molar-refractivity contribution < 1.29 is 14.3 Å². The summed E-state index contributed by atoms with van der Waals surface area (Å²) in [5.41, 5.74) is 0.350. The molecular weight excluding hydrogens is 256 g/mol. The van der Waals surface area contributed by atoms with E-state index in [1.54, 1.807) is 11.0 Å². The largest absolute Gasteiger partial charge is 0.452 e. The van der Waals surface area contributed by atoms with E-state index in [2.05, 4.69) is 5.32 Å². The zero-order valence-electron chi connectivity index (χ0n) is 10.1. The SMILES string of the molecule is O=C(c1ccoc1Cl)N(CCO)CC1CCCN1. The van der Waals surface area contributed by atoms with Crippen LogP contribution in [0, 0.1) is 0 Å². The normalized spacial score (nSPS) is 19.1. The smallest absolute Gasteiger partial charge is 0.258 e. The van der Waals surface area contributed by atoms with Gasteiger partial charge in [0.15, 0.2) is 0 Å². The Hall–Kier alpha value is -1.04. The molecule has 1 aliphatic rings. The van der Waals surface area contributed by atoms with Crippen molar-refractivity contribution in [1.29, 1.82) is 0 Å². The number of rotatable bonds is 5. The number of carbonyl (C=O) groups is 1. The summed E-state index contributed by atoms with van der Waals surface area (Å²) in [6.45, 7) is 1.81. The zero-order valence-corrected chi connectivity index (χ0v) is 10.8. The summed E-state index contributed by atoms with van der Waals surface area (Å²) >= 11 is 5.80. The zero-order chi connectivity index (χ0) is 13.0. The molecule has 0 aliphatic carbocycles. The summed E-state index contributed by atoms with van der Waals surface area (Å²) in [7, 11) is 0. The highest BCUT2D eigenvalue weighted by molar-refractivity contribution is 6.32. The Balaban J connectivity index is 2.04. The number of aliphatic hydroxyl groups excluding tert-OH is 1. The molecule has 1 amide bonds. The average Bonchev–Trinajstić information content (AvgIpc) is 2.99. The Morgan fingerprint density at radius 1 is 1.67 bits per heavy atom. The summed E-state index contributed by atoms with van der Waals surface area (Å²) in [6, 6.07) is 1.85. The Kier molecular flexibility index (Phi) is 4.63. The number of nitrogens with one attached hydrogen (secondary N) is 1. The highest BCUT2D eigenvalue weighted by atomic mass is 35.5. The molecule has 1 aliphatic heterocycles. The number of hydrogen-bond donors (Lipinski definition) is 2. The summed E-state index contributed by atoms with van der Waals surface area (Å²) < 4.78 is 4.92. The molecule has 18 heavy (non-hydrogen) atoms. The highest BCUT2D eigenvalue weighted by Gasteiger charge is 2.24. The van der Waals surface area contributed by atoms with Crippen molar-refractivity contribution >= 4 is 17.5 Å². The summed E-state index contributed by atoms with van der Waals surface area (Å²) in [6.07, 6.45) is 3.56. The van der Waals surface area contributed by atoms with Gasteiger partial charge in [0.25, 0.3) is 5.91 Å². The van der Waals surface area contributed by atoms with Crippen molar-refractivity contribution in [3.8, 4) is 0 Å². The lowest BCUT2D eigenvalue weighted by atomic mass is 10.2. The number of hydrogen-bond acceptors (Lipinski definition) is 4. The second-order valence-electron chi connectivity index (χ2n) is 4.38. The lowest BCUT2D eigenvalue weighted by Crippen LogP contribution is -2.42. The average molecular weight is 273 g/mol. The molecule has 5 nitrogen and oxygen atoms in total. The number of amides is 1. The van der Waals surface area contributed by atoms with Gasteiger partial charge in [-0.05, 0) is 37.1 Å². The van der Waals surface area contributed by atoms with Crippen LogP contribution in [0.5, 0.6) is 0 Å². The summed E-state index contributed by atoms with van der Waals surface area (Å²) in [5, 5.41) is 12.5. The summed E-state index contributed by atoms with van der Waals surface area (Å²) in [5.74, 6) is -0.198. The van der Waals surface area contributed by atoms with Crippen LogP contribution in [0.3, 0.4) is 0 Å². The topological polar surface area (TPSA) is 65.7 Å². The van der Waals surface area contributed by atoms with Crippen molar-refractivity contribution in [2.75, 3.05) is 26.2 Å². The van der Waals surface area contributed by atoms with E-state index in [-0.39, 0.29) is 17.7 Å². The predicted molar refractivity (Wildman–Crippen MR) is 67.7 cm³/mol. The molecule has 1 aromatic rings. The van der Waals surface area contributed by atoms with E-state index < -0.39 is 0 Å². The summed E-state index contributed by atoms with van der Waals surface area (Å²) in [4.78, 5) is 13.9. The van der Waals surface area contributed by atoms with E-state index in [1.165, 1.54) is 6.26 Å². The van der Waals surface area contributed by atoms with Crippen LogP contribution in [0.1, 0.15) is 23.2 Å². The van der Waals surface area contributed by atoms with Crippen LogP contribution in [-0.2, 0) is 0 Å². The quantitative estimate of drug-likeness (QED) is 0.843. The van der Waals surface area contributed by atoms with Crippen LogP contribution in [-0.4, -0.2) is 48.2 Å². The molecular formula is C12H17ClN2O3. The third-order valence-corrected chi connectivity index (χ3v) is 3.40. The first-order chi connectivity index (χ1) is 8.72. The number of nitrogens with zero attached hydrogens (tertiary/aromatic N) is 1. The minimum Gasteiger partial charge on any atom is -0.452 e. The fourth-order valence-corrected chi connectivity index (χ4v) is 2.39. The molecule has 0 saturated carbocycles. The second-order valence-corrected chi connectivity index (χ2v) is 4.72. The minimum absolute atomic E-state index is 0.0616. The first-order valence-corrected chi connectivity index (χ1v) is 6.46. The van der Waals surface area contributed by atoms with Crippen LogP contribution >= 0.6 is 11.6 Å². The van der Waals surface area contributed by atoms with E-state index in [4.69, 9.17) is 21.1 Å². The molecule has 0 radical (unpaired) electrons. The van der Waals surface area contributed by atoms with Gasteiger partial charge in [-0.1, -0.05) is 0 Å². The van der Waals surface area contributed by atoms with Gasteiger partial charge in [0.2, 0.25) is 5.22 Å². The van der Waals surface area contributed by atoms with Crippen molar-refractivity contribution in [1.82, 2.24) is 10.2 Å². The van der Waals surface area contributed by atoms with Gasteiger partial charge >= 0.3 is 0 Å². The Bertz CT molecular complexity index is 402. The number of carbonyl (C=O) groups excluding carboxylic acids is 1. The number of furan rings is 1. The molecule has 1 atom stereocenters. The van der Waals surface area contributed by atoms with Gasteiger partial charge in [-0.25, -0.2) is 0 Å². The van der Waals surface area contributed by atoms with Gasteiger partial charge < -0.3 is 19.7 Å². The third kappa shape index (κ3) is 3.04. The molecule has 2 rings (SSSR count). The molecule has 2 heterocycles. The molecule has 1 saturated heterocycles. The molecule has 6 heteroatoms. The lowest BCUT2D eigenvalue weighted by Gasteiger charge is -2.24. The maximum Gasteiger partial charge on any atom is 0.258 e. The lowest BCUT2D eigenvalue weighted by molar-refractivity contribution is 0.0706. The number of aliphatic hydroxyl groups is 1. The van der Waals surface area contributed by atoms with Gasteiger partial charge in [0.1, 0.15) is 0 Å². The van der Waals surface area contributed by atoms with Gasteiger partial charge in [-0.2, -0.15) is 0 Å². The molecule has 0 bridgehead atoms. The van der Waals surface area contributed by atoms with Crippen molar-refractivity contribution in [3.05, 3.63) is 23.1 Å². The molecule has 100 valence electrons. The van der Waals surface area contributed by atoms with Gasteiger partial charge in [-0.3, -0.25) is 4.79 Å². The van der Waals surface area contributed by atoms with E-state index >= 15 is 0 Å². The Morgan fingerprint density at radius 3 is 3.06 bits per heavy atom. The molecule has 1 unspecified atom stereocenters. The molecule has 0 aromatic carbocycles.